The van der Waals surface area contributed by atoms with E-state index in [0.29, 0.717) is 41.7 Å². The summed E-state index contributed by atoms with van der Waals surface area (Å²) in [5.41, 5.74) is -1.10. The van der Waals surface area contributed by atoms with Crippen molar-refractivity contribution in [2.24, 2.45) is 5.92 Å². The summed E-state index contributed by atoms with van der Waals surface area (Å²) in [5, 5.41) is 11.7. The van der Waals surface area contributed by atoms with Gasteiger partial charge in [-0.05, 0) is 76.4 Å². The maximum Gasteiger partial charge on any atom is 0.414 e. The number of rotatable bonds is 13. The number of hydrogen-bond donors (Lipinski definition) is 1. The second kappa shape index (κ2) is 15.4. The van der Waals surface area contributed by atoms with Gasteiger partial charge in [0, 0.05) is 17.3 Å². The van der Waals surface area contributed by atoms with Crippen molar-refractivity contribution >= 4 is 54.1 Å². The van der Waals surface area contributed by atoms with Crippen LogP contribution in [0.15, 0.2) is 33.9 Å². The van der Waals surface area contributed by atoms with Gasteiger partial charge < -0.3 is 19.0 Å². The molecule has 2 aromatic rings. The summed E-state index contributed by atoms with van der Waals surface area (Å²) in [6.45, 7) is 4.75. The molecule has 39 heavy (non-hydrogen) atoms. The van der Waals surface area contributed by atoms with E-state index >= 15 is 0 Å². The summed E-state index contributed by atoms with van der Waals surface area (Å²) < 4.78 is 11.2. The lowest BCUT2D eigenvalue weighted by atomic mass is 9.85. The number of amides is 2. The van der Waals surface area contributed by atoms with E-state index in [2.05, 4.69) is 15.5 Å². The molecule has 2 amide bonds. The third-order valence-electron chi connectivity index (χ3n) is 6.36. The zero-order chi connectivity index (χ0) is 27.7. The Hall–Kier alpha value is -2.34. The van der Waals surface area contributed by atoms with Crippen molar-refractivity contribution < 1.29 is 23.5 Å². The van der Waals surface area contributed by atoms with Crippen molar-refractivity contribution in [3.63, 3.8) is 0 Å². The molecule has 1 heterocycles. The predicted octanol–water partition coefficient (Wildman–Crippen LogP) is 5.30. The zero-order valence-corrected chi connectivity index (χ0v) is 25.1. The number of ketones is 1. The number of Topliss-reactive ketones (excluding diaryl/α,β-unsaturated/α-hetero) is 1. The minimum absolute atomic E-state index is 0. The molecule has 3 rings (SSSR count). The Morgan fingerprint density at radius 2 is 1.85 bits per heavy atom. The van der Waals surface area contributed by atoms with Crippen LogP contribution in [0.5, 0.6) is 5.75 Å². The fourth-order valence-electron chi connectivity index (χ4n) is 4.50. The number of carbonyl (C=O) groups excluding carboxylic acids is 3. The first-order valence-electron chi connectivity index (χ1n) is 12.8. The molecule has 1 fully saturated rings. The normalized spacial score (nSPS) is 15.4. The van der Waals surface area contributed by atoms with E-state index in [0.717, 1.165) is 31.6 Å². The summed E-state index contributed by atoms with van der Waals surface area (Å²) in [6.07, 6.45) is 3.78. The van der Waals surface area contributed by atoms with E-state index in [9.17, 15) is 14.4 Å². The van der Waals surface area contributed by atoms with E-state index in [1.807, 2.05) is 32.8 Å². The fraction of sp³-hybridized carbons (Fsp3) is 0.577. The molecule has 1 aromatic heterocycles. The molecule has 0 radical (unpaired) electrons. The van der Waals surface area contributed by atoms with Crippen molar-refractivity contribution in [1.82, 2.24) is 25.3 Å². The van der Waals surface area contributed by atoms with E-state index in [4.69, 9.17) is 20.8 Å². The molecule has 0 aliphatic heterocycles. The molecule has 10 nitrogen and oxygen atoms in total. The topological polar surface area (TPSA) is 118 Å². The van der Waals surface area contributed by atoms with E-state index in [1.165, 1.54) is 16.7 Å². The highest BCUT2D eigenvalue weighted by atomic mass is 35.5. The van der Waals surface area contributed by atoms with Crippen molar-refractivity contribution in [1.29, 1.82) is 0 Å². The predicted molar refractivity (Wildman–Crippen MR) is 153 cm³/mol. The third-order valence-corrected chi connectivity index (χ3v) is 7.41. The number of thioether (sulfide) groups is 1. The molecule has 0 spiro atoms. The van der Waals surface area contributed by atoms with Crippen LogP contribution in [0.2, 0.25) is 5.02 Å². The van der Waals surface area contributed by atoms with Gasteiger partial charge >= 0.3 is 6.09 Å². The molecular formula is C26H37Cl2N5O5S. The van der Waals surface area contributed by atoms with Gasteiger partial charge in [0.2, 0.25) is 12.2 Å². The molecule has 0 bridgehead atoms. The Kier molecular flexibility index (Phi) is 13.0. The van der Waals surface area contributed by atoms with E-state index in [1.54, 1.807) is 24.3 Å². The molecule has 1 atom stereocenters. The SMILES string of the molecule is CC(C)CC(C(=O)c1nnc(SCCN(C)C)o1)N(C=O)C1(NC(=O)Oc2ccc(Cl)cc2)CCCCC1.Cl. The van der Waals surface area contributed by atoms with Gasteiger partial charge in [-0.15, -0.1) is 22.6 Å². The Morgan fingerprint density at radius 1 is 1.18 bits per heavy atom. The summed E-state index contributed by atoms with van der Waals surface area (Å²) >= 11 is 7.29. The lowest BCUT2D eigenvalue weighted by Crippen LogP contribution is -2.65. The minimum atomic E-state index is -1.10. The number of carbonyl (C=O) groups is 3. The van der Waals surface area contributed by atoms with Gasteiger partial charge in [-0.3, -0.25) is 14.9 Å². The number of hydrogen-bond acceptors (Lipinski definition) is 9. The molecule has 1 aromatic carbocycles. The third kappa shape index (κ3) is 9.37. The summed E-state index contributed by atoms with van der Waals surface area (Å²) in [5.74, 6) is 0.516. The van der Waals surface area contributed by atoms with Gasteiger partial charge in [0.25, 0.3) is 11.1 Å². The first-order valence-corrected chi connectivity index (χ1v) is 14.1. The number of nitrogens with zero attached hydrogens (tertiary/aromatic N) is 4. The maximum absolute atomic E-state index is 13.7. The number of benzene rings is 1. The van der Waals surface area contributed by atoms with E-state index < -0.39 is 23.6 Å². The second-order valence-electron chi connectivity index (χ2n) is 10.1. The van der Waals surface area contributed by atoms with Crippen LogP contribution in [0.3, 0.4) is 0 Å². The number of ether oxygens (including phenoxy) is 1. The van der Waals surface area contributed by atoms with Crippen LogP contribution < -0.4 is 10.1 Å². The molecule has 1 aliphatic carbocycles. The summed E-state index contributed by atoms with van der Waals surface area (Å²) in [4.78, 5) is 42.8. The van der Waals surface area contributed by atoms with Crippen LogP contribution in [0, 0.1) is 5.92 Å². The van der Waals surface area contributed by atoms with Crippen molar-refractivity contribution in [3.8, 4) is 5.75 Å². The molecule has 1 N–H and O–H groups in total. The first kappa shape index (κ1) is 32.9. The molecule has 1 aliphatic rings. The van der Waals surface area contributed by atoms with Crippen LogP contribution in [0.1, 0.15) is 63.1 Å². The first-order chi connectivity index (χ1) is 18.1. The number of aromatic nitrogens is 2. The Bertz CT molecular complexity index is 1080. The minimum Gasteiger partial charge on any atom is -0.410 e. The largest absolute Gasteiger partial charge is 0.414 e. The van der Waals surface area contributed by atoms with Gasteiger partial charge in [0.1, 0.15) is 17.5 Å². The highest BCUT2D eigenvalue weighted by Crippen LogP contribution is 2.35. The van der Waals surface area contributed by atoms with Gasteiger partial charge in [-0.25, -0.2) is 4.79 Å². The molecular weight excluding hydrogens is 565 g/mol. The van der Waals surface area contributed by atoms with Crippen LogP contribution in [-0.2, 0) is 4.79 Å². The van der Waals surface area contributed by atoms with Gasteiger partial charge in [-0.2, -0.15) is 0 Å². The lowest BCUT2D eigenvalue weighted by Gasteiger charge is -2.47. The molecule has 1 saturated carbocycles. The second-order valence-corrected chi connectivity index (χ2v) is 11.6. The Balaban J connectivity index is 0.00000533. The maximum atomic E-state index is 13.7. The van der Waals surface area contributed by atoms with Gasteiger partial charge in [0.05, 0.1) is 0 Å². The van der Waals surface area contributed by atoms with Crippen molar-refractivity contribution in [3.05, 3.63) is 35.2 Å². The summed E-state index contributed by atoms with van der Waals surface area (Å²) in [7, 11) is 3.93. The van der Waals surface area contributed by atoms with Crippen LogP contribution in [0.4, 0.5) is 4.79 Å². The van der Waals surface area contributed by atoms with Crippen LogP contribution in [0.25, 0.3) is 0 Å². The summed E-state index contributed by atoms with van der Waals surface area (Å²) in [6, 6.07) is 5.50. The Labute approximate surface area is 245 Å². The lowest BCUT2D eigenvalue weighted by molar-refractivity contribution is -0.129. The molecule has 1 unspecified atom stereocenters. The zero-order valence-electron chi connectivity index (χ0n) is 22.7. The molecule has 216 valence electrons. The quantitative estimate of drug-likeness (QED) is 0.141. The van der Waals surface area contributed by atoms with Crippen molar-refractivity contribution in [2.75, 3.05) is 26.4 Å². The smallest absolute Gasteiger partial charge is 0.410 e. The van der Waals surface area contributed by atoms with Crippen LogP contribution in [-0.4, -0.2) is 76.4 Å². The van der Waals surface area contributed by atoms with Crippen LogP contribution >= 0.6 is 35.8 Å². The monoisotopic (exact) mass is 601 g/mol. The average Bonchev–Trinajstić information content (AvgIpc) is 3.34. The van der Waals surface area contributed by atoms with Gasteiger partial charge in [0.15, 0.2) is 0 Å². The standard InChI is InChI=1S/C26H36ClN5O5S.ClH/c1-18(2)16-21(22(34)23-29-30-25(37-23)38-15-14-31(3)4)32(17-33)26(12-6-5-7-13-26)28-24(35)36-20-10-8-19(27)9-11-20;/h8-11,17-18,21H,5-7,12-16H2,1-4H3,(H,28,35);1H. The average molecular weight is 603 g/mol. The Morgan fingerprint density at radius 3 is 2.44 bits per heavy atom. The highest BCUT2D eigenvalue weighted by Gasteiger charge is 2.46. The molecule has 0 saturated heterocycles. The number of nitrogens with one attached hydrogen (secondary N) is 1. The molecule has 13 heteroatoms. The number of halogens is 2. The van der Waals surface area contributed by atoms with Crippen molar-refractivity contribution in [2.45, 2.75) is 69.3 Å². The van der Waals surface area contributed by atoms with Gasteiger partial charge in [-0.1, -0.05) is 43.6 Å². The fourth-order valence-corrected chi connectivity index (χ4v) is 5.49. The van der Waals surface area contributed by atoms with E-state index in [-0.39, 0.29) is 24.2 Å². The highest BCUT2D eigenvalue weighted by molar-refractivity contribution is 7.99.